The molecule has 1 atom stereocenters. The molecule has 0 aliphatic carbocycles. The number of aliphatic hydroxyl groups is 1. The summed E-state index contributed by atoms with van der Waals surface area (Å²) in [5.74, 6) is 0.239. The maximum Gasteiger partial charge on any atom is 0.115 e. The molecule has 17 heavy (non-hydrogen) atoms. The van der Waals surface area contributed by atoms with Gasteiger partial charge in [0, 0.05) is 32.7 Å². The van der Waals surface area contributed by atoms with Gasteiger partial charge in [-0.2, -0.15) is 0 Å². The van der Waals surface area contributed by atoms with Crippen LogP contribution >= 0.6 is 0 Å². The molecule has 0 radical (unpaired) electrons. The zero-order chi connectivity index (χ0) is 12.1. The van der Waals surface area contributed by atoms with E-state index in [1.54, 1.807) is 24.3 Å². The van der Waals surface area contributed by atoms with Crippen molar-refractivity contribution in [3.63, 3.8) is 0 Å². The number of phenolic OH excluding ortho intramolecular Hbond substituents is 1. The lowest BCUT2D eigenvalue weighted by Crippen LogP contribution is -2.44. The van der Waals surface area contributed by atoms with Crippen LogP contribution in [0.1, 0.15) is 18.1 Å². The fraction of sp³-hybridized carbons (Fsp3) is 0.538. The first-order valence-corrected chi connectivity index (χ1v) is 6.16. The molecule has 0 saturated carbocycles. The van der Waals surface area contributed by atoms with Crippen molar-refractivity contribution in [3.05, 3.63) is 29.8 Å². The number of nitrogens with zero attached hydrogens (tertiary/aromatic N) is 1. The minimum absolute atomic E-state index is 0.239. The first-order chi connectivity index (χ1) is 8.25. The summed E-state index contributed by atoms with van der Waals surface area (Å²) < 4.78 is 0. The number of rotatable bonds is 4. The predicted molar refractivity (Wildman–Crippen MR) is 67.0 cm³/mol. The van der Waals surface area contributed by atoms with E-state index in [0.717, 1.165) is 44.7 Å². The maximum atomic E-state index is 10.0. The smallest absolute Gasteiger partial charge is 0.115 e. The molecule has 1 fully saturated rings. The first-order valence-electron chi connectivity index (χ1n) is 6.16. The fourth-order valence-corrected chi connectivity index (χ4v) is 2.10. The van der Waals surface area contributed by atoms with Crippen molar-refractivity contribution in [2.45, 2.75) is 12.5 Å². The lowest BCUT2D eigenvalue weighted by Gasteiger charge is -2.27. The molecule has 0 bridgehead atoms. The molecule has 4 nitrogen and oxygen atoms in total. The van der Waals surface area contributed by atoms with Gasteiger partial charge in [0.2, 0.25) is 0 Å². The monoisotopic (exact) mass is 236 g/mol. The van der Waals surface area contributed by atoms with Crippen molar-refractivity contribution in [1.82, 2.24) is 10.2 Å². The van der Waals surface area contributed by atoms with Gasteiger partial charge in [-0.05, 0) is 24.1 Å². The van der Waals surface area contributed by atoms with Crippen LogP contribution in [0.15, 0.2) is 24.3 Å². The molecule has 1 aromatic rings. The first kappa shape index (κ1) is 12.4. The number of hydrogen-bond donors (Lipinski definition) is 3. The molecule has 3 N–H and O–H groups in total. The molecule has 0 aromatic heterocycles. The van der Waals surface area contributed by atoms with Gasteiger partial charge in [0.05, 0.1) is 6.10 Å². The number of piperazine rings is 1. The number of aliphatic hydroxyl groups excluding tert-OH is 1. The lowest BCUT2D eigenvalue weighted by molar-refractivity contribution is 0.136. The number of aromatic hydroxyl groups is 1. The molecule has 0 spiro atoms. The summed E-state index contributed by atoms with van der Waals surface area (Å²) in [6.07, 6.45) is 0.301. The van der Waals surface area contributed by atoms with Crippen LogP contribution in [0, 0.1) is 0 Å². The zero-order valence-electron chi connectivity index (χ0n) is 9.97. The number of hydrogen-bond acceptors (Lipinski definition) is 4. The quantitative estimate of drug-likeness (QED) is 0.721. The summed E-state index contributed by atoms with van der Waals surface area (Å²) >= 11 is 0. The summed E-state index contributed by atoms with van der Waals surface area (Å²) in [4.78, 5) is 2.36. The minimum Gasteiger partial charge on any atom is -0.508 e. The molecular formula is C13H20N2O2. The van der Waals surface area contributed by atoms with Crippen LogP contribution in [0.4, 0.5) is 0 Å². The van der Waals surface area contributed by atoms with Crippen molar-refractivity contribution in [2.75, 3.05) is 32.7 Å². The zero-order valence-corrected chi connectivity index (χ0v) is 9.97. The lowest BCUT2D eigenvalue weighted by atomic mass is 10.1. The maximum absolute atomic E-state index is 10.0. The van der Waals surface area contributed by atoms with E-state index in [9.17, 15) is 10.2 Å². The van der Waals surface area contributed by atoms with Crippen molar-refractivity contribution in [1.29, 1.82) is 0 Å². The Morgan fingerprint density at radius 2 is 1.82 bits per heavy atom. The van der Waals surface area contributed by atoms with Gasteiger partial charge < -0.3 is 20.4 Å². The molecule has 1 unspecified atom stereocenters. The molecule has 0 amide bonds. The van der Waals surface area contributed by atoms with Crippen molar-refractivity contribution in [2.24, 2.45) is 0 Å². The molecule has 94 valence electrons. The standard InChI is InChI=1S/C13H20N2O2/c16-12-3-1-11(2-4-12)13(17)5-8-15-9-6-14-7-10-15/h1-4,13-14,16-17H,5-10H2. The van der Waals surface area contributed by atoms with Crippen LogP contribution in [0.5, 0.6) is 5.75 Å². The van der Waals surface area contributed by atoms with E-state index in [0.29, 0.717) is 0 Å². The fourth-order valence-electron chi connectivity index (χ4n) is 2.10. The molecule has 1 heterocycles. The third-order valence-electron chi connectivity index (χ3n) is 3.21. The molecule has 1 aliphatic rings. The highest BCUT2D eigenvalue weighted by Crippen LogP contribution is 2.19. The topological polar surface area (TPSA) is 55.7 Å². The Hall–Kier alpha value is -1.10. The normalized spacial score (nSPS) is 19.1. The van der Waals surface area contributed by atoms with Crippen LogP contribution in [0.3, 0.4) is 0 Å². The van der Waals surface area contributed by atoms with Gasteiger partial charge in [0.25, 0.3) is 0 Å². The average Bonchev–Trinajstić information content (AvgIpc) is 2.38. The molecular weight excluding hydrogens is 216 g/mol. The highest BCUT2D eigenvalue weighted by Gasteiger charge is 2.12. The number of phenols is 1. The highest BCUT2D eigenvalue weighted by molar-refractivity contribution is 5.27. The van der Waals surface area contributed by atoms with Crippen molar-refractivity contribution >= 4 is 0 Å². The molecule has 4 heteroatoms. The van der Waals surface area contributed by atoms with E-state index in [-0.39, 0.29) is 5.75 Å². The Balaban J connectivity index is 1.80. The highest BCUT2D eigenvalue weighted by atomic mass is 16.3. The van der Waals surface area contributed by atoms with E-state index in [1.165, 1.54) is 0 Å². The Morgan fingerprint density at radius 3 is 2.47 bits per heavy atom. The average molecular weight is 236 g/mol. The van der Waals surface area contributed by atoms with Gasteiger partial charge in [-0.25, -0.2) is 0 Å². The summed E-state index contributed by atoms with van der Waals surface area (Å²) in [6, 6.07) is 6.78. The van der Waals surface area contributed by atoms with E-state index in [2.05, 4.69) is 10.2 Å². The van der Waals surface area contributed by atoms with E-state index in [1.807, 2.05) is 0 Å². The van der Waals surface area contributed by atoms with Crippen LogP contribution in [-0.4, -0.2) is 47.8 Å². The predicted octanol–water partition coefficient (Wildman–Crippen LogP) is 0.721. The van der Waals surface area contributed by atoms with Gasteiger partial charge in [-0.15, -0.1) is 0 Å². The molecule has 1 aromatic carbocycles. The van der Waals surface area contributed by atoms with E-state index < -0.39 is 6.10 Å². The van der Waals surface area contributed by atoms with Gasteiger partial charge in [-0.1, -0.05) is 12.1 Å². The SMILES string of the molecule is Oc1ccc(C(O)CCN2CCNCC2)cc1. The molecule has 1 saturated heterocycles. The molecule has 1 aliphatic heterocycles. The summed E-state index contributed by atoms with van der Waals surface area (Å²) in [7, 11) is 0. The van der Waals surface area contributed by atoms with E-state index in [4.69, 9.17) is 0 Å². The van der Waals surface area contributed by atoms with Crippen LogP contribution in [-0.2, 0) is 0 Å². The van der Waals surface area contributed by atoms with Gasteiger partial charge >= 0.3 is 0 Å². The van der Waals surface area contributed by atoms with Crippen LogP contribution < -0.4 is 5.32 Å². The Morgan fingerprint density at radius 1 is 1.18 bits per heavy atom. The second-order valence-electron chi connectivity index (χ2n) is 4.49. The Bertz CT molecular complexity index is 334. The summed E-state index contributed by atoms with van der Waals surface area (Å²) in [5, 5.41) is 22.5. The van der Waals surface area contributed by atoms with Crippen LogP contribution in [0.2, 0.25) is 0 Å². The number of benzene rings is 1. The van der Waals surface area contributed by atoms with Crippen LogP contribution in [0.25, 0.3) is 0 Å². The Kier molecular flexibility index (Phi) is 4.36. The van der Waals surface area contributed by atoms with Crippen molar-refractivity contribution < 1.29 is 10.2 Å². The van der Waals surface area contributed by atoms with Gasteiger partial charge in [0.1, 0.15) is 5.75 Å². The van der Waals surface area contributed by atoms with E-state index >= 15 is 0 Å². The Labute approximate surface area is 102 Å². The second-order valence-corrected chi connectivity index (χ2v) is 4.49. The van der Waals surface area contributed by atoms with Crippen molar-refractivity contribution in [3.8, 4) is 5.75 Å². The largest absolute Gasteiger partial charge is 0.508 e. The number of nitrogens with one attached hydrogen (secondary N) is 1. The molecule has 2 rings (SSSR count). The second kappa shape index (κ2) is 6.00. The summed E-state index contributed by atoms with van der Waals surface area (Å²) in [5.41, 5.74) is 0.873. The third-order valence-corrected chi connectivity index (χ3v) is 3.21. The summed E-state index contributed by atoms with van der Waals surface area (Å²) in [6.45, 7) is 5.11. The van der Waals surface area contributed by atoms with Gasteiger partial charge in [-0.3, -0.25) is 0 Å². The minimum atomic E-state index is -0.439. The van der Waals surface area contributed by atoms with Gasteiger partial charge in [0.15, 0.2) is 0 Å². The third kappa shape index (κ3) is 3.70.